The fourth-order valence-corrected chi connectivity index (χ4v) is 3.95. The van der Waals surface area contributed by atoms with Crippen LogP contribution in [0.4, 0.5) is 0 Å². The van der Waals surface area contributed by atoms with Gasteiger partial charge >= 0.3 is 0 Å². The summed E-state index contributed by atoms with van der Waals surface area (Å²) < 4.78 is 2.17. The van der Waals surface area contributed by atoms with E-state index in [9.17, 15) is 0 Å². The molecule has 0 radical (unpaired) electrons. The molecule has 1 spiro atoms. The Labute approximate surface area is 127 Å². The summed E-state index contributed by atoms with van der Waals surface area (Å²) in [6, 6.07) is 4.51. The standard InChI is InChI=1S/C16H16N6/c17-8-11-7-16(11)2-5-21(6-3-16)22-10-20-13-9-19-15-12(14(13)22)1-4-18-15/h1,4,9-11H,2-3,5-7H2,(H,18,19). The maximum absolute atomic E-state index is 9.12. The highest BCUT2D eigenvalue weighted by Crippen LogP contribution is 2.58. The molecule has 0 bridgehead atoms. The molecule has 2 fully saturated rings. The van der Waals surface area contributed by atoms with E-state index in [0.29, 0.717) is 5.41 Å². The first-order chi connectivity index (χ1) is 10.8. The van der Waals surface area contributed by atoms with Crippen LogP contribution in [-0.2, 0) is 0 Å². The second kappa shape index (κ2) is 4.01. The van der Waals surface area contributed by atoms with E-state index in [1.165, 1.54) is 0 Å². The summed E-state index contributed by atoms with van der Waals surface area (Å²) in [6.45, 7) is 1.97. The first-order valence-corrected chi connectivity index (χ1v) is 7.75. The molecule has 6 heteroatoms. The molecular formula is C16H16N6. The van der Waals surface area contributed by atoms with Crippen LogP contribution in [0.1, 0.15) is 19.3 Å². The Morgan fingerprint density at radius 3 is 2.95 bits per heavy atom. The highest BCUT2D eigenvalue weighted by molar-refractivity contribution is 6.01. The molecule has 2 aliphatic rings. The highest BCUT2D eigenvalue weighted by atomic mass is 15.6. The van der Waals surface area contributed by atoms with Gasteiger partial charge in [-0.2, -0.15) is 5.26 Å². The number of nitrogens with one attached hydrogen (secondary N) is 1. The van der Waals surface area contributed by atoms with Crippen LogP contribution in [0.15, 0.2) is 24.8 Å². The molecule has 0 amide bonds. The van der Waals surface area contributed by atoms with Gasteiger partial charge in [0.1, 0.15) is 23.0 Å². The quantitative estimate of drug-likeness (QED) is 0.746. The minimum atomic E-state index is 0.287. The summed E-state index contributed by atoms with van der Waals surface area (Å²) in [5.74, 6) is 0.287. The fraction of sp³-hybridized carbons (Fsp3) is 0.438. The lowest BCUT2D eigenvalue weighted by molar-refractivity contribution is 0.333. The smallest absolute Gasteiger partial charge is 0.139 e. The molecule has 22 heavy (non-hydrogen) atoms. The SMILES string of the molecule is N#CC1CC12CCN(n1cnc3cnc4[nH]ccc4c31)CC2. The number of H-pyrrole nitrogens is 1. The van der Waals surface area contributed by atoms with Gasteiger partial charge in [0.05, 0.1) is 18.2 Å². The summed E-state index contributed by atoms with van der Waals surface area (Å²) >= 11 is 0. The van der Waals surface area contributed by atoms with Gasteiger partial charge in [-0.05, 0) is 30.7 Å². The summed E-state index contributed by atoms with van der Waals surface area (Å²) in [7, 11) is 0. The van der Waals surface area contributed by atoms with Gasteiger partial charge in [0, 0.05) is 24.7 Å². The third kappa shape index (κ3) is 1.48. The predicted octanol–water partition coefficient (Wildman–Crippen LogP) is 2.17. The number of imidazole rings is 1. The van der Waals surface area contributed by atoms with Gasteiger partial charge in [-0.25, -0.2) is 14.6 Å². The molecule has 0 aromatic carbocycles. The molecular weight excluding hydrogens is 276 g/mol. The van der Waals surface area contributed by atoms with Crippen molar-refractivity contribution in [2.75, 3.05) is 18.1 Å². The molecule has 1 saturated carbocycles. The van der Waals surface area contributed by atoms with Gasteiger partial charge in [0.2, 0.25) is 0 Å². The molecule has 3 aromatic rings. The minimum absolute atomic E-state index is 0.287. The van der Waals surface area contributed by atoms with Crippen LogP contribution < -0.4 is 5.01 Å². The third-order valence-corrected chi connectivity index (χ3v) is 5.46. The maximum Gasteiger partial charge on any atom is 0.139 e. The second-order valence-corrected chi connectivity index (χ2v) is 6.52. The number of rotatable bonds is 1. The molecule has 1 N–H and O–H groups in total. The number of pyridine rings is 1. The van der Waals surface area contributed by atoms with Crippen LogP contribution >= 0.6 is 0 Å². The zero-order valence-electron chi connectivity index (χ0n) is 12.2. The van der Waals surface area contributed by atoms with E-state index < -0.39 is 0 Å². The third-order valence-electron chi connectivity index (χ3n) is 5.46. The Morgan fingerprint density at radius 1 is 1.32 bits per heavy atom. The van der Waals surface area contributed by atoms with Crippen LogP contribution in [-0.4, -0.2) is 32.7 Å². The molecule has 5 rings (SSSR count). The molecule has 1 atom stereocenters. The molecule has 1 unspecified atom stereocenters. The van der Waals surface area contributed by atoms with Crippen LogP contribution in [0.3, 0.4) is 0 Å². The molecule has 3 aromatic heterocycles. The van der Waals surface area contributed by atoms with Crippen molar-refractivity contribution in [2.45, 2.75) is 19.3 Å². The van der Waals surface area contributed by atoms with E-state index in [1.807, 2.05) is 18.7 Å². The van der Waals surface area contributed by atoms with Crippen molar-refractivity contribution in [1.29, 1.82) is 5.26 Å². The summed E-state index contributed by atoms with van der Waals surface area (Å²) in [6.07, 6.45) is 8.93. The van der Waals surface area contributed by atoms with Gasteiger partial charge in [0.25, 0.3) is 0 Å². The second-order valence-electron chi connectivity index (χ2n) is 6.52. The van der Waals surface area contributed by atoms with Gasteiger partial charge in [-0.3, -0.25) is 0 Å². The van der Waals surface area contributed by atoms with Crippen molar-refractivity contribution < 1.29 is 0 Å². The number of hydrogen-bond acceptors (Lipinski definition) is 4. The Bertz CT molecular complexity index is 906. The summed E-state index contributed by atoms with van der Waals surface area (Å²) in [4.78, 5) is 12.1. The Balaban J connectivity index is 1.53. The maximum atomic E-state index is 9.12. The Hall–Kier alpha value is -2.55. The topological polar surface area (TPSA) is 73.5 Å². The van der Waals surface area contributed by atoms with Gasteiger partial charge < -0.3 is 9.99 Å². The van der Waals surface area contributed by atoms with Gasteiger partial charge in [-0.15, -0.1) is 0 Å². The van der Waals surface area contributed by atoms with Crippen molar-refractivity contribution in [2.24, 2.45) is 11.3 Å². The summed E-state index contributed by atoms with van der Waals surface area (Å²) in [5, 5.41) is 12.6. The lowest BCUT2D eigenvalue weighted by atomic mass is 9.92. The van der Waals surface area contributed by atoms with E-state index in [2.05, 4.69) is 36.8 Å². The lowest BCUT2D eigenvalue weighted by Gasteiger charge is -2.34. The minimum Gasteiger partial charge on any atom is -0.346 e. The number of aromatic amines is 1. The highest BCUT2D eigenvalue weighted by Gasteiger charge is 2.55. The zero-order valence-corrected chi connectivity index (χ0v) is 12.2. The van der Waals surface area contributed by atoms with Crippen molar-refractivity contribution in [3.8, 4) is 6.07 Å². The Kier molecular flexibility index (Phi) is 2.19. The molecule has 1 aliphatic carbocycles. The van der Waals surface area contributed by atoms with E-state index >= 15 is 0 Å². The molecule has 4 heterocycles. The Morgan fingerprint density at radius 2 is 2.18 bits per heavy atom. The zero-order chi connectivity index (χ0) is 14.7. The van der Waals surface area contributed by atoms with Crippen LogP contribution in [0.5, 0.6) is 0 Å². The first kappa shape index (κ1) is 12.0. The average Bonchev–Trinajstić information content (AvgIpc) is 2.93. The van der Waals surface area contributed by atoms with E-state index in [-0.39, 0.29) is 5.92 Å². The molecule has 6 nitrogen and oxygen atoms in total. The van der Waals surface area contributed by atoms with E-state index in [4.69, 9.17) is 5.26 Å². The molecule has 110 valence electrons. The van der Waals surface area contributed by atoms with Gasteiger partial charge in [0.15, 0.2) is 0 Å². The van der Waals surface area contributed by atoms with Crippen molar-refractivity contribution >= 4 is 22.1 Å². The number of hydrogen-bond donors (Lipinski definition) is 1. The number of aromatic nitrogens is 4. The fourth-order valence-electron chi connectivity index (χ4n) is 3.95. The first-order valence-electron chi connectivity index (χ1n) is 7.75. The molecule has 1 aliphatic heterocycles. The molecule has 1 saturated heterocycles. The van der Waals surface area contributed by atoms with Gasteiger partial charge in [-0.1, -0.05) is 0 Å². The van der Waals surface area contributed by atoms with Crippen molar-refractivity contribution in [3.63, 3.8) is 0 Å². The summed E-state index contributed by atoms with van der Waals surface area (Å²) in [5.41, 5.74) is 3.25. The number of nitrogens with zero attached hydrogens (tertiary/aromatic N) is 5. The monoisotopic (exact) mass is 292 g/mol. The van der Waals surface area contributed by atoms with Crippen molar-refractivity contribution in [1.82, 2.24) is 19.6 Å². The number of piperidine rings is 1. The van der Waals surface area contributed by atoms with Crippen LogP contribution in [0, 0.1) is 22.7 Å². The largest absolute Gasteiger partial charge is 0.346 e. The predicted molar refractivity (Wildman–Crippen MR) is 82.7 cm³/mol. The lowest BCUT2D eigenvalue weighted by Crippen LogP contribution is -2.42. The number of nitriles is 1. The van der Waals surface area contributed by atoms with Crippen LogP contribution in [0.25, 0.3) is 22.1 Å². The average molecular weight is 292 g/mol. The van der Waals surface area contributed by atoms with E-state index in [1.54, 1.807) is 0 Å². The van der Waals surface area contributed by atoms with Crippen molar-refractivity contribution in [3.05, 3.63) is 24.8 Å². The van der Waals surface area contributed by atoms with Crippen LogP contribution in [0.2, 0.25) is 0 Å². The number of fused-ring (bicyclic) bond motifs is 3. The van der Waals surface area contributed by atoms with E-state index in [0.717, 1.165) is 54.4 Å². The normalized spacial score (nSPS) is 23.2.